The minimum atomic E-state index is -1.44. The first kappa shape index (κ1) is 31.3. The van der Waals surface area contributed by atoms with Gasteiger partial charge in [0.2, 0.25) is 5.79 Å². The molecule has 0 saturated carbocycles. The smallest absolute Gasteiger partial charge is 0.305 e. The van der Waals surface area contributed by atoms with E-state index in [1.807, 2.05) is 75.4 Å². The fourth-order valence-corrected chi connectivity index (χ4v) is 5.69. The molecule has 2 aliphatic rings. The van der Waals surface area contributed by atoms with Gasteiger partial charge in [0.05, 0.1) is 45.5 Å². The quantitative estimate of drug-likeness (QED) is 0.131. The Hall–Kier alpha value is -4.09. The van der Waals surface area contributed by atoms with Gasteiger partial charge in [0.25, 0.3) is 0 Å². The Morgan fingerprint density at radius 1 is 0.750 bits per heavy atom. The molecule has 0 saturated heterocycles. The molecule has 0 fully saturated rings. The van der Waals surface area contributed by atoms with Gasteiger partial charge in [-0.25, -0.2) is 9.97 Å². The average Bonchev–Trinajstić information content (AvgIpc) is 3.81. The van der Waals surface area contributed by atoms with Crippen LogP contribution in [-0.2, 0) is 34.3 Å². The van der Waals surface area contributed by atoms with Crippen molar-refractivity contribution < 1.29 is 28.5 Å². The molecule has 3 aromatic heterocycles. The molecule has 2 aliphatic heterocycles. The molecule has 0 N–H and O–H groups in total. The predicted octanol–water partition coefficient (Wildman–Crippen LogP) is 7.02. The molecule has 0 aromatic carbocycles. The minimum Gasteiger partial charge on any atom is -0.429 e. The van der Waals surface area contributed by atoms with Crippen LogP contribution in [0.25, 0.3) is 46.4 Å². The molecule has 5 heterocycles. The van der Waals surface area contributed by atoms with Gasteiger partial charge in [0.1, 0.15) is 12.5 Å². The molecule has 10 nitrogen and oxygen atoms in total. The number of hydrogen-bond donors (Lipinski definition) is 0. The number of carbonyl (C=O) groups is 1. The molecule has 0 spiro atoms. The van der Waals surface area contributed by atoms with Crippen molar-refractivity contribution in [2.24, 2.45) is 0 Å². The third-order valence-electron chi connectivity index (χ3n) is 8.24. The molecule has 0 amide bonds. The molecule has 5 rings (SSSR count). The number of fused-ring (bicyclic) bond motifs is 10. The molecule has 44 heavy (non-hydrogen) atoms. The van der Waals surface area contributed by atoms with Crippen LogP contribution in [-0.4, -0.2) is 53.5 Å². The summed E-state index contributed by atoms with van der Waals surface area (Å²) in [6.07, 6.45) is 6.71. The van der Waals surface area contributed by atoms with Gasteiger partial charge < -0.3 is 32.8 Å². The molecule has 3 aromatic rings. The van der Waals surface area contributed by atoms with Crippen molar-refractivity contribution in [3.05, 3.63) is 70.3 Å². The SMILES string of the molecule is COC(C)c1cc2ccc3nc(c4nc(ccc5cc(C(C)(OC)OC(C)=O)c(c1n2C(C)OC)n5C(C)OC)C=C4)C=C3. The molecule has 232 valence electrons. The number of nitrogens with zero attached hydrogens (tertiary/aromatic N) is 4. The van der Waals surface area contributed by atoms with Crippen molar-refractivity contribution >= 4 is 52.3 Å². The fraction of sp³-hybridized carbons (Fsp3) is 0.382. The first-order valence-electron chi connectivity index (χ1n) is 14.5. The van der Waals surface area contributed by atoms with E-state index in [4.69, 9.17) is 33.7 Å². The molecule has 8 bridgehead atoms. The maximum atomic E-state index is 12.4. The Morgan fingerprint density at radius 3 is 1.75 bits per heavy atom. The zero-order valence-electron chi connectivity index (χ0n) is 26.7. The van der Waals surface area contributed by atoms with Crippen LogP contribution < -0.4 is 0 Å². The van der Waals surface area contributed by atoms with Gasteiger partial charge in [-0.15, -0.1) is 0 Å². The zero-order valence-corrected chi connectivity index (χ0v) is 26.7. The average molecular weight is 601 g/mol. The van der Waals surface area contributed by atoms with Gasteiger partial charge in [-0.05, 0) is 81.5 Å². The Labute approximate surface area is 257 Å². The van der Waals surface area contributed by atoms with Crippen molar-refractivity contribution in [1.82, 2.24) is 19.1 Å². The number of ether oxygens (including phenoxy) is 5. The summed E-state index contributed by atoms with van der Waals surface area (Å²) in [6, 6.07) is 12.0. The van der Waals surface area contributed by atoms with E-state index in [-0.39, 0.29) is 6.10 Å². The maximum Gasteiger partial charge on any atom is 0.305 e. The van der Waals surface area contributed by atoms with E-state index in [1.54, 1.807) is 28.3 Å². The largest absolute Gasteiger partial charge is 0.429 e. The number of hydrogen-bond acceptors (Lipinski definition) is 8. The van der Waals surface area contributed by atoms with Crippen molar-refractivity contribution in [1.29, 1.82) is 0 Å². The van der Waals surface area contributed by atoms with E-state index in [0.29, 0.717) is 5.56 Å². The topological polar surface area (TPSA) is 98.9 Å². The maximum absolute atomic E-state index is 12.4. The van der Waals surface area contributed by atoms with Crippen molar-refractivity contribution in [3.8, 4) is 0 Å². The number of carbonyl (C=O) groups excluding carboxylic acids is 1. The highest BCUT2D eigenvalue weighted by Crippen LogP contribution is 2.41. The Balaban J connectivity index is 2.12. The normalized spacial score (nSPS) is 16.0. The second kappa shape index (κ2) is 12.5. The third kappa shape index (κ3) is 5.61. The standard InChI is InChI=1S/C34H40N4O6/c1-20(40-6)28-18-26-14-10-24-12-16-30(35-24)31-17-13-25(36-31)11-15-27-19-29(34(5,43-9)44-23(4)39)33(38(27)22(3)42-8)32(28)37(26)21(2)41-7/h10-22H,1-9H3. The molecular weight excluding hydrogens is 560 g/mol. The highest BCUT2D eigenvalue weighted by atomic mass is 16.7. The van der Waals surface area contributed by atoms with E-state index in [0.717, 1.165) is 50.4 Å². The lowest BCUT2D eigenvalue weighted by molar-refractivity contribution is -0.216. The van der Waals surface area contributed by atoms with Crippen LogP contribution in [0.1, 0.15) is 87.1 Å². The second-order valence-corrected chi connectivity index (χ2v) is 10.9. The zero-order chi connectivity index (χ0) is 31.8. The van der Waals surface area contributed by atoms with Gasteiger partial charge in [0.15, 0.2) is 0 Å². The Bertz CT molecular complexity index is 1800. The molecule has 4 atom stereocenters. The summed E-state index contributed by atoms with van der Waals surface area (Å²) in [4.78, 5) is 22.0. The minimum absolute atomic E-state index is 0.310. The monoisotopic (exact) mass is 600 g/mol. The van der Waals surface area contributed by atoms with E-state index >= 15 is 0 Å². The lowest BCUT2D eigenvalue weighted by Gasteiger charge is -2.28. The summed E-state index contributed by atoms with van der Waals surface area (Å²) < 4.78 is 33.9. The van der Waals surface area contributed by atoms with Crippen LogP contribution in [0.3, 0.4) is 0 Å². The van der Waals surface area contributed by atoms with E-state index in [2.05, 4.69) is 15.2 Å². The summed E-state index contributed by atoms with van der Waals surface area (Å²) in [5.41, 5.74) is 7.87. The summed E-state index contributed by atoms with van der Waals surface area (Å²) in [5, 5.41) is 0. The number of esters is 1. The van der Waals surface area contributed by atoms with Crippen LogP contribution in [0.2, 0.25) is 0 Å². The number of rotatable bonds is 9. The van der Waals surface area contributed by atoms with Crippen molar-refractivity contribution in [2.45, 2.75) is 59.0 Å². The highest BCUT2D eigenvalue weighted by molar-refractivity contribution is 5.90. The first-order valence-corrected chi connectivity index (χ1v) is 14.5. The molecular formula is C34H40N4O6. The number of aromatic nitrogens is 4. The summed E-state index contributed by atoms with van der Waals surface area (Å²) >= 11 is 0. The van der Waals surface area contributed by atoms with Crippen LogP contribution >= 0.6 is 0 Å². The van der Waals surface area contributed by atoms with E-state index < -0.39 is 24.2 Å². The van der Waals surface area contributed by atoms with E-state index in [9.17, 15) is 4.79 Å². The predicted molar refractivity (Wildman–Crippen MR) is 171 cm³/mol. The van der Waals surface area contributed by atoms with Gasteiger partial charge in [-0.1, -0.05) is 0 Å². The molecule has 0 aliphatic carbocycles. The Kier molecular flexibility index (Phi) is 8.90. The van der Waals surface area contributed by atoms with Crippen LogP contribution in [0.15, 0.2) is 36.4 Å². The fourth-order valence-electron chi connectivity index (χ4n) is 5.69. The molecule has 4 unspecified atom stereocenters. The lowest BCUT2D eigenvalue weighted by atomic mass is 10.1. The van der Waals surface area contributed by atoms with Gasteiger partial charge in [0, 0.05) is 58.9 Å². The lowest BCUT2D eigenvalue weighted by Crippen LogP contribution is -2.30. The van der Waals surface area contributed by atoms with Crippen molar-refractivity contribution in [2.75, 3.05) is 28.4 Å². The van der Waals surface area contributed by atoms with Crippen molar-refractivity contribution in [3.63, 3.8) is 0 Å². The Morgan fingerprint density at radius 2 is 1.27 bits per heavy atom. The molecule has 0 radical (unpaired) electrons. The highest BCUT2D eigenvalue weighted by Gasteiger charge is 2.36. The summed E-state index contributed by atoms with van der Waals surface area (Å²) in [6.45, 7) is 9.04. The first-order chi connectivity index (χ1) is 21.0. The molecule has 10 heteroatoms. The second-order valence-electron chi connectivity index (χ2n) is 10.9. The van der Waals surface area contributed by atoms with Crippen LogP contribution in [0.4, 0.5) is 0 Å². The van der Waals surface area contributed by atoms with Gasteiger partial charge in [-0.3, -0.25) is 4.79 Å². The summed E-state index contributed by atoms with van der Waals surface area (Å²) in [5.74, 6) is -1.92. The summed E-state index contributed by atoms with van der Waals surface area (Å²) in [7, 11) is 6.53. The van der Waals surface area contributed by atoms with E-state index in [1.165, 1.54) is 14.0 Å². The third-order valence-corrected chi connectivity index (χ3v) is 8.24. The van der Waals surface area contributed by atoms with Gasteiger partial charge in [-0.2, -0.15) is 0 Å². The number of methoxy groups -OCH3 is 4. The van der Waals surface area contributed by atoms with Gasteiger partial charge >= 0.3 is 5.97 Å². The van der Waals surface area contributed by atoms with Crippen LogP contribution in [0.5, 0.6) is 0 Å². The van der Waals surface area contributed by atoms with Crippen LogP contribution in [0, 0.1) is 0 Å².